The largest absolute Gasteiger partial charge is 0.353 e. The highest BCUT2D eigenvalue weighted by atomic mass is 16.1. The van der Waals surface area contributed by atoms with Crippen LogP contribution in [0.25, 0.3) is 33.1 Å². The van der Waals surface area contributed by atoms with Crippen LogP contribution in [0.4, 0.5) is 0 Å². The van der Waals surface area contributed by atoms with E-state index in [2.05, 4.69) is 11.1 Å². The molecule has 3 heterocycles. The predicted molar refractivity (Wildman–Crippen MR) is 94.6 cm³/mol. The lowest BCUT2D eigenvalue weighted by Crippen LogP contribution is -2.26. The third-order valence-electron chi connectivity index (χ3n) is 4.97. The highest BCUT2D eigenvalue weighted by molar-refractivity contribution is 6.00. The number of pyridine rings is 1. The third-order valence-corrected chi connectivity index (χ3v) is 4.97. The Morgan fingerprint density at radius 3 is 2.71 bits per heavy atom. The van der Waals surface area contributed by atoms with Gasteiger partial charge in [0, 0.05) is 28.4 Å². The summed E-state index contributed by atoms with van der Waals surface area (Å²) in [7, 11) is 0. The minimum Gasteiger partial charge on any atom is -0.353 e. The Hall–Kier alpha value is -3.14. The van der Waals surface area contributed by atoms with Gasteiger partial charge in [-0.05, 0) is 35.6 Å². The van der Waals surface area contributed by atoms with Crippen molar-refractivity contribution >= 4 is 28.0 Å². The molecule has 1 N–H and O–H groups in total. The van der Waals surface area contributed by atoms with Crippen molar-refractivity contribution in [1.82, 2.24) is 9.55 Å². The number of aldehydes is 1. The third kappa shape index (κ3) is 1.62. The molecule has 0 atom stereocenters. The summed E-state index contributed by atoms with van der Waals surface area (Å²) in [6, 6.07) is 15.5. The van der Waals surface area contributed by atoms with Gasteiger partial charge in [0.1, 0.15) is 0 Å². The molecule has 4 nitrogen and oxygen atoms in total. The molecule has 0 spiro atoms. The fourth-order valence-corrected chi connectivity index (χ4v) is 3.83. The SMILES string of the molecule is O=Cc1cccc2c(=O)n3c(cc12)-c1[nH]c2ccccc2c1CC3. The summed E-state index contributed by atoms with van der Waals surface area (Å²) >= 11 is 0. The molecule has 0 saturated heterocycles. The molecule has 0 saturated carbocycles. The van der Waals surface area contributed by atoms with Gasteiger partial charge >= 0.3 is 0 Å². The molecule has 4 aromatic rings. The van der Waals surface area contributed by atoms with Gasteiger partial charge in [0.15, 0.2) is 6.29 Å². The Bertz CT molecular complexity index is 1200. The van der Waals surface area contributed by atoms with Crippen molar-refractivity contribution in [2.75, 3.05) is 0 Å². The van der Waals surface area contributed by atoms with E-state index in [-0.39, 0.29) is 5.56 Å². The second-order valence-electron chi connectivity index (χ2n) is 6.19. The van der Waals surface area contributed by atoms with Crippen LogP contribution in [0, 0.1) is 0 Å². The summed E-state index contributed by atoms with van der Waals surface area (Å²) < 4.78 is 1.81. The normalized spacial score (nSPS) is 13.0. The number of aryl methyl sites for hydroxylation is 1. The monoisotopic (exact) mass is 314 g/mol. The molecule has 2 aromatic carbocycles. The first-order valence-electron chi connectivity index (χ1n) is 7.99. The highest BCUT2D eigenvalue weighted by Crippen LogP contribution is 2.35. The molecule has 2 aromatic heterocycles. The van der Waals surface area contributed by atoms with E-state index in [1.807, 2.05) is 28.8 Å². The molecule has 0 aliphatic carbocycles. The molecule has 4 heteroatoms. The minimum atomic E-state index is -0.0319. The summed E-state index contributed by atoms with van der Waals surface area (Å²) in [5, 5.41) is 2.52. The van der Waals surface area contributed by atoms with Crippen molar-refractivity contribution in [2.45, 2.75) is 13.0 Å². The number of carbonyl (C=O) groups is 1. The van der Waals surface area contributed by atoms with Gasteiger partial charge in [0.2, 0.25) is 0 Å². The van der Waals surface area contributed by atoms with Crippen molar-refractivity contribution in [3.8, 4) is 11.4 Å². The van der Waals surface area contributed by atoms with Crippen LogP contribution in [0.3, 0.4) is 0 Å². The zero-order valence-corrected chi connectivity index (χ0v) is 12.9. The van der Waals surface area contributed by atoms with Gasteiger partial charge in [-0.1, -0.05) is 30.3 Å². The van der Waals surface area contributed by atoms with E-state index in [0.717, 1.165) is 35.0 Å². The van der Waals surface area contributed by atoms with Crippen LogP contribution in [0.15, 0.2) is 53.3 Å². The highest BCUT2D eigenvalue weighted by Gasteiger charge is 2.22. The maximum atomic E-state index is 12.9. The van der Waals surface area contributed by atoms with Crippen molar-refractivity contribution in [3.05, 3.63) is 70.0 Å². The Morgan fingerprint density at radius 2 is 1.83 bits per heavy atom. The summed E-state index contributed by atoms with van der Waals surface area (Å²) in [6.45, 7) is 0.657. The average molecular weight is 314 g/mol. The Balaban J connectivity index is 1.93. The summed E-state index contributed by atoms with van der Waals surface area (Å²) in [4.78, 5) is 27.7. The first kappa shape index (κ1) is 13.3. The lowest BCUT2D eigenvalue weighted by atomic mass is 9.98. The van der Waals surface area contributed by atoms with Crippen LogP contribution in [-0.4, -0.2) is 15.8 Å². The smallest absolute Gasteiger partial charge is 0.258 e. The maximum absolute atomic E-state index is 12.9. The van der Waals surface area contributed by atoms with E-state index in [4.69, 9.17) is 0 Å². The number of rotatable bonds is 1. The van der Waals surface area contributed by atoms with E-state index in [9.17, 15) is 9.59 Å². The van der Waals surface area contributed by atoms with Gasteiger partial charge in [0.05, 0.1) is 11.4 Å². The van der Waals surface area contributed by atoms with Crippen LogP contribution in [0.1, 0.15) is 15.9 Å². The van der Waals surface area contributed by atoms with Crippen molar-refractivity contribution < 1.29 is 4.79 Å². The maximum Gasteiger partial charge on any atom is 0.258 e. The number of hydrogen-bond donors (Lipinski definition) is 1. The first-order chi connectivity index (χ1) is 11.8. The number of aromatic amines is 1. The second kappa shape index (κ2) is 4.68. The van der Waals surface area contributed by atoms with Gasteiger partial charge in [0.25, 0.3) is 5.56 Å². The molecule has 0 amide bonds. The standard InChI is InChI=1S/C20H14N2O2/c23-11-12-4-3-6-15-16(12)10-18-19-14(8-9-22(18)20(15)24)13-5-1-2-7-17(13)21-19/h1-7,10-11,21H,8-9H2. The molecule has 116 valence electrons. The van der Waals surface area contributed by atoms with Crippen molar-refractivity contribution in [1.29, 1.82) is 0 Å². The van der Waals surface area contributed by atoms with Gasteiger partial charge < -0.3 is 9.55 Å². The molecule has 1 aliphatic rings. The molecule has 0 unspecified atom stereocenters. The van der Waals surface area contributed by atoms with Gasteiger partial charge in [-0.25, -0.2) is 0 Å². The predicted octanol–water partition coefficient (Wildman–Crippen LogP) is 3.52. The number of nitrogens with one attached hydrogen (secondary N) is 1. The van der Waals surface area contributed by atoms with Crippen LogP contribution in [0.5, 0.6) is 0 Å². The lowest BCUT2D eigenvalue weighted by molar-refractivity contribution is 0.112. The number of H-pyrrole nitrogens is 1. The molecule has 0 fully saturated rings. The number of nitrogens with zero attached hydrogens (tertiary/aromatic N) is 1. The van der Waals surface area contributed by atoms with Gasteiger partial charge in [-0.3, -0.25) is 9.59 Å². The second-order valence-corrected chi connectivity index (χ2v) is 6.19. The van der Waals surface area contributed by atoms with E-state index >= 15 is 0 Å². The number of fused-ring (bicyclic) bond motifs is 6. The summed E-state index contributed by atoms with van der Waals surface area (Å²) in [5.74, 6) is 0. The summed E-state index contributed by atoms with van der Waals surface area (Å²) in [6.07, 6.45) is 1.64. The van der Waals surface area contributed by atoms with Crippen molar-refractivity contribution in [3.63, 3.8) is 0 Å². The number of hydrogen-bond acceptors (Lipinski definition) is 2. The average Bonchev–Trinajstić information content (AvgIpc) is 3.01. The number of benzene rings is 2. The number of aromatic nitrogens is 2. The minimum absolute atomic E-state index is 0.0319. The first-order valence-corrected chi connectivity index (χ1v) is 7.99. The molecular formula is C20H14N2O2. The lowest BCUT2D eigenvalue weighted by Gasteiger charge is -2.20. The quantitative estimate of drug-likeness (QED) is 0.547. The van der Waals surface area contributed by atoms with Gasteiger partial charge in [-0.2, -0.15) is 0 Å². The van der Waals surface area contributed by atoms with Crippen molar-refractivity contribution in [2.24, 2.45) is 0 Å². The fraction of sp³-hybridized carbons (Fsp3) is 0.100. The van der Waals surface area contributed by atoms with Crippen LogP contribution in [-0.2, 0) is 13.0 Å². The Labute approximate surface area is 137 Å². The molecule has 0 radical (unpaired) electrons. The van der Waals surface area contributed by atoms with Gasteiger partial charge in [-0.15, -0.1) is 0 Å². The molecular weight excluding hydrogens is 300 g/mol. The number of carbonyl (C=O) groups excluding carboxylic acids is 1. The Kier molecular flexibility index (Phi) is 2.59. The topological polar surface area (TPSA) is 54.9 Å². The van der Waals surface area contributed by atoms with E-state index < -0.39 is 0 Å². The van der Waals surface area contributed by atoms with Crippen LogP contribution in [0.2, 0.25) is 0 Å². The van der Waals surface area contributed by atoms with E-state index in [1.54, 1.807) is 18.2 Å². The molecule has 1 aliphatic heterocycles. The molecule has 5 rings (SSSR count). The van der Waals surface area contributed by atoms with E-state index in [0.29, 0.717) is 17.5 Å². The van der Waals surface area contributed by atoms with E-state index in [1.165, 1.54) is 10.9 Å². The fourth-order valence-electron chi connectivity index (χ4n) is 3.83. The zero-order chi connectivity index (χ0) is 16.3. The molecule has 0 bridgehead atoms. The Morgan fingerprint density at radius 1 is 1.00 bits per heavy atom. The summed E-state index contributed by atoms with van der Waals surface area (Å²) in [5.41, 5.74) is 4.69. The van der Waals surface area contributed by atoms with Crippen LogP contribution < -0.4 is 5.56 Å². The number of para-hydroxylation sites is 1. The zero-order valence-electron chi connectivity index (χ0n) is 12.9. The van der Waals surface area contributed by atoms with Crippen LogP contribution >= 0.6 is 0 Å². The molecule has 24 heavy (non-hydrogen) atoms.